The summed E-state index contributed by atoms with van der Waals surface area (Å²) in [5.74, 6) is 0.838. The van der Waals surface area contributed by atoms with Crippen molar-refractivity contribution in [3.63, 3.8) is 0 Å². The molecule has 0 bridgehead atoms. The smallest absolute Gasteiger partial charge is 0.127 e. The van der Waals surface area contributed by atoms with Gasteiger partial charge in [0.2, 0.25) is 0 Å². The van der Waals surface area contributed by atoms with E-state index in [1.54, 1.807) is 12.3 Å². The molecule has 2 aliphatic heterocycles. The Morgan fingerprint density at radius 1 is 1.39 bits per heavy atom. The Kier molecular flexibility index (Phi) is 3.16. The van der Waals surface area contributed by atoms with E-state index in [2.05, 4.69) is 21.3 Å². The molecule has 0 spiro atoms. The van der Waals surface area contributed by atoms with Gasteiger partial charge in [-0.25, -0.2) is 4.98 Å². The lowest BCUT2D eigenvalue weighted by Crippen LogP contribution is -2.42. The summed E-state index contributed by atoms with van der Waals surface area (Å²) < 4.78 is 0. The second kappa shape index (κ2) is 4.95. The standard InChI is InChI=1S/C14H18N4/c15-10-11-3-5-16-14(8-11)17-12-4-7-18-6-1-2-13(18)9-12/h3,5,8,12-13H,1-2,4,6-7,9H2,(H,16,17). The van der Waals surface area contributed by atoms with Crippen LogP contribution in [0.5, 0.6) is 0 Å². The van der Waals surface area contributed by atoms with Crippen LogP contribution in [0.1, 0.15) is 31.2 Å². The van der Waals surface area contributed by atoms with Crippen molar-refractivity contribution in [2.24, 2.45) is 0 Å². The monoisotopic (exact) mass is 242 g/mol. The first-order valence-corrected chi connectivity index (χ1v) is 6.72. The van der Waals surface area contributed by atoms with Crippen LogP contribution in [0, 0.1) is 11.3 Å². The van der Waals surface area contributed by atoms with Gasteiger partial charge in [0.1, 0.15) is 5.82 Å². The van der Waals surface area contributed by atoms with Gasteiger partial charge in [-0.1, -0.05) is 0 Å². The van der Waals surface area contributed by atoms with Crippen LogP contribution < -0.4 is 5.32 Å². The molecule has 2 fully saturated rings. The normalized spacial score (nSPS) is 27.5. The van der Waals surface area contributed by atoms with Crippen molar-refractivity contribution in [2.45, 2.75) is 37.8 Å². The predicted molar refractivity (Wildman–Crippen MR) is 70.2 cm³/mol. The molecule has 4 nitrogen and oxygen atoms in total. The molecule has 3 heterocycles. The number of fused-ring (bicyclic) bond motifs is 1. The average molecular weight is 242 g/mol. The fourth-order valence-electron chi connectivity index (χ4n) is 3.14. The lowest BCUT2D eigenvalue weighted by Gasteiger charge is -2.35. The Labute approximate surface area is 108 Å². The molecule has 0 aromatic carbocycles. The van der Waals surface area contributed by atoms with Crippen LogP contribution in [-0.4, -0.2) is 35.1 Å². The summed E-state index contributed by atoms with van der Waals surface area (Å²) >= 11 is 0. The number of nitrogens with one attached hydrogen (secondary N) is 1. The molecule has 1 aromatic heterocycles. The van der Waals surface area contributed by atoms with Crippen molar-refractivity contribution in [3.8, 4) is 6.07 Å². The van der Waals surface area contributed by atoms with E-state index in [0.29, 0.717) is 11.6 Å². The Bertz CT molecular complexity index is 465. The predicted octanol–water partition coefficient (Wildman–Crippen LogP) is 1.99. The van der Waals surface area contributed by atoms with Crippen molar-refractivity contribution in [2.75, 3.05) is 18.4 Å². The summed E-state index contributed by atoms with van der Waals surface area (Å²) in [6, 6.07) is 6.99. The second-order valence-electron chi connectivity index (χ2n) is 5.24. The molecule has 3 rings (SSSR count). The number of hydrogen-bond donors (Lipinski definition) is 1. The third kappa shape index (κ3) is 2.32. The maximum absolute atomic E-state index is 8.88. The lowest BCUT2D eigenvalue weighted by molar-refractivity contribution is 0.188. The van der Waals surface area contributed by atoms with Gasteiger partial charge in [-0.05, 0) is 44.4 Å². The topological polar surface area (TPSA) is 52.0 Å². The summed E-state index contributed by atoms with van der Waals surface area (Å²) in [5.41, 5.74) is 0.672. The average Bonchev–Trinajstić information content (AvgIpc) is 2.86. The second-order valence-corrected chi connectivity index (χ2v) is 5.24. The molecule has 94 valence electrons. The van der Waals surface area contributed by atoms with Gasteiger partial charge < -0.3 is 10.2 Å². The minimum Gasteiger partial charge on any atom is -0.367 e. The minimum atomic E-state index is 0.505. The molecular weight excluding hydrogens is 224 g/mol. The van der Waals surface area contributed by atoms with Crippen molar-refractivity contribution < 1.29 is 0 Å². The van der Waals surface area contributed by atoms with E-state index < -0.39 is 0 Å². The van der Waals surface area contributed by atoms with E-state index in [1.807, 2.05) is 6.07 Å². The highest BCUT2D eigenvalue weighted by molar-refractivity contribution is 5.43. The number of pyridine rings is 1. The number of hydrogen-bond acceptors (Lipinski definition) is 4. The first-order valence-electron chi connectivity index (χ1n) is 6.72. The summed E-state index contributed by atoms with van der Waals surface area (Å²) in [6.45, 7) is 2.47. The van der Waals surface area contributed by atoms with Crippen molar-refractivity contribution >= 4 is 5.82 Å². The fraction of sp³-hybridized carbons (Fsp3) is 0.571. The SMILES string of the molecule is N#Cc1ccnc(NC2CCN3CCCC3C2)c1. The van der Waals surface area contributed by atoms with Crippen LogP contribution in [0.3, 0.4) is 0 Å². The molecule has 0 aliphatic carbocycles. The van der Waals surface area contributed by atoms with Crippen LogP contribution in [-0.2, 0) is 0 Å². The van der Waals surface area contributed by atoms with Gasteiger partial charge in [0.15, 0.2) is 0 Å². The molecule has 18 heavy (non-hydrogen) atoms. The molecule has 1 N–H and O–H groups in total. The minimum absolute atomic E-state index is 0.505. The molecule has 0 amide bonds. The van der Waals surface area contributed by atoms with Crippen LogP contribution >= 0.6 is 0 Å². The maximum Gasteiger partial charge on any atom is 0.127 e. The molecule has 2 aliphatic rings. The molecule has 0 saturated carbocycles. The van der Waals surface area contributed by atoms with Crippen molar-refractivity contribution in [3.05, 3.63) is 23.9 Å². The summed E-state index contributed by atoms with van der Waals surface area (Å²) in [6.07, 6.45) is 6.77. The maximum atomic E-state index is 8.88. The Morgan fingerprint density at radius 3 is 3.22 bits per heavy atom. The number of rotatable bonds is 2. The van der Waals surface area contributed by atoms with E-state index in [9.17, 15) is 0 Å². The van der Waals surface area contributed by atoms with Crippen molar-refractivity contribution in [1.29, 1.82) is 5.26 Å². The number of nitriles is 1. The van der Waals surface area contributed by atoms with Crippen LogP contribution in [0.25, 0.3) is 0 Å². The number of aromatic nitrogens is 1. The van der Waals surface area contributed by atoms with Crippen LogP contribution in [0.2, 0.25) is 0 Å². The van der Waals surface area contributed by atoms with Gasteiger partial charge in [-0.15, -0.1) is 0 Å². The zero-order chi connectivity index (χ0) is 12.4. The van der Waals surface area contributed by atoms with Gasteiger partial charge in [0.25, 0.3) is 0 Å². The number of nitrogens with zero attached hydrogens (tertiary/aromatic N) is 3. The molecule has 4 heteroatoms. The first-order chi connectivity index (χ1) is 8.85. The zero-order valence-corrected chi connectivity index (χ0v) is 10.5. The highest BCUT2D eigenvalue weighted by Gasteiger charge is 2.31. The van der Waals surface area contributed by atoms with Gasteiger partial charge >= 0.3 is 0 Å². The van der Waals surface area contributed by atoms with Crippen LogP contribution in [0.15, 0.2) is 18.3 Å². The third-order valence-corrected chi connectivity index (χ3v) is 4.06. The zero-order valence-electron chi connectivity index (χ0n) is 10.5. The Hall–Kier alpha value is -1.60. The van der Waals surface area contributed by atoms with E-state index >= 15 is 0 Å². The molecule has 0 radical (unpaired) electrons. The number of anilines is 1. The quantitative estimate of drug-likeness (QED) is 0.861. The summed E-state index contributed by atoms with van der Waals surface area (Å²) in [5, 5.41) is 12.4. The highest BCUT2D eigenvalue weighted by Crippen LogP contribution is 2.28. The van der Waals surface area contributed by atoms with E-state index in [-0.39, 0.29) is 0 Å². The van der Waals surface area contributed by atoms with Gasteiger partial charge in [0, 0.05) is 24.8 Å². The number of piperidine rings is 1. The largest absolute Gasteiger partial charge is 0.367 e. The molecule has 2 saturated heterocycles. The summed E-state index contributed by atoms with van der Waals surface area (Å²) in [7, 11) is 0. The summed E-state index contributed by atoms with van der Waals surface area (Å²) in [4.78, 5) is 6.90. The molecule has 2 unspecified atom stereocenters. The van der Waals surface area contributed by atoms with E-state index in [0.717, 1.165) is 11.9 Å². The van der Waals surface area contributed by atoms with Gasteiger partial charge in [-0.3, -0.25) is 0 Å². The lowest BCUT2D eigenvalue weighted by atomic mass is 9.97. The molecule has 1 aromatic rings. The highest BCUT2D eigenvalue weighted by atomic mass is 15.2. The molecular formula is C14H18N4. The van der Waals surface area contributed by atoms with Gasteiger partial charge in [-0.2, -0.15) is 5.26 Å². The van der Waals surface area contributed by atoms with E-state index in [1.165, 1.54) is 38.8 Å². The first kappa shape index (κ1) is 11.5. The third-order valence-electron chi connectivity index (χ3n) is 4.06. The van der Waals surface area contributed by atoms with Gasteiger partial charge in [0.05, 0.1) is 11.6 Å². The fourth-order valence-corrected chi connectivity index (χ4v) is 3.14. The van der Waals surface area contributed by atoms with Crippen molar-refractivity contribution in [1.82, 2.24) is 9.88 Å². The Balaban J connectivity index is 1.64. The van der Waals surface area contributed by atoms with E-state index in [4.69, 9.17) is 5.26 Å². The Morgan fingerprint density at radius 2 is 2.33 bits per heavy atom. The molecule has 2 atom stereocenters. The van der Waals surface area contributed by atoms with Crippen LogP contribution in [0.4, 0.5) is 5.82 Å².